The van der Waals surface area contributed by atoms with Crippen molar-refractivity contribution >= 4 is 5.95 Å². The van der Waals surface area contributed by atoms with E-state index in [-0.39, 0.29) is 0 Å². The Bertz CT molecular complexity index is 634. The number of hydrogen-bond acceptors (Lipinski definition) is 5. The van der Waals surface area contributed by atoms with Crippen LogP contribution in [0, 0.1) is 12.8 Å². The van der Waals surface area contributed by atoms with Crippen LogP contribution < -0.4 is 4.90 Å². The molecule has 0 bridgehead atoms. The predicted octanol–water partition coefficient (Wildman–Crippen LogP) is 1.69. The molecular formula is C16H26N6O. The van der Waals surface area contributed by atoms with Gasteiger partial charge >= 0.3 is 0 Å². The third kappa shape index (κ3) is 3.72. The van der Waals surface area contributed by atoms with Gasteiger partial charge in [-0.25, -0.2) is 0 Å². The molecule has 0 saturated carbocycles. The number of aryl methyl sites for hydroxylation is 1. The summed E-state index contributed by atoms with van der Waals surface area (Å²) in [4.78, 5) is 2.35. The van der Waals surface area contributed by atoms with Gasteiger partial charge < -0.3 is 14.2 Å². The van der Waals surface area contributed by atoms with Crippen molar-refractivity contribution in [2.24, 2.45) is 13.0 Å². The van der Waals surface area contributed by atoms with Gasteiger partial charge in [-0.1, -0.05) is 6.42 Å². The number of hydrogen-bond donors (Lipinski definition) is 1. The predicted molar refractivity (Wildman–Crippen MR) is 88.6 cm³/mol. The van der Waals surface area contributed by atoms with Crippen LogP contribution in [0.2, 0.25) is 0 Å². The lowest BCUT2D eigenvalue weighted by Crippen LogP contribution is -2.32. The first-order chi connectivity index (χ1) is 11.2. The van der Waals surface area contributed by atoms with Gasteiger partial charge in [-0.15, -0.1) is 10.2 Å². The number of nitrogens with one attached hydrogen (secondary N) is 1. The number of aromatic nitrogens is 5. The second-order valence-corrected chi connectivity index (χ2v) is 6.46. The molecule has 2 aromatic rings. The summed E-state index contributed by atoms with van der Waals surface area (Å²) < 4.78 is 7.45. The number of aromatic amines is 1. The topological polar surface area (TPSA) is 71.9 Å². The summed E-state index contributed by atoms with van der Waals surface area (Å²) in [6, 6.07) is 2.05. The average molecular weight is 318 g/mol. The van der Waals surface area contributed by atoms with Crippen LogP contribution in [0.4, 0.5) is 5.95 Å². The molecule has 3 rings (SSSR count). The number of methoxy groups -OCH3 is 1. The maximum Gasteiger partial charge on any atom is 0.226 e. The Kier molecular flexibility index (Phi) is 4.95. The van der Waals surface area contributed by atoms with Gasteiger partial charge in [0.1, 0.15) is 5.82 Å². The molecule has 3 heterocycles. The Morgan fingerprint density at radius 2 is 2.22 bits per heavy atom. The zero-order valence-corrected chi connectivity index (χ0v) is 14.2. The van der Waals surface area contributed by atoms with Crippen LogP contribution in [0.3, 0.4) is 0 Å². The van der Waals surface area contributed by atoms with Gasteiger partial charge in [-0.05, 0) is 31.7 Å². The molecule has 0 aliphatic carbocycles. The van der Waals surface area contributed by atoms with E-state index >= 15 is 0 Å². The van der Waals surface area contributed by atoms with Crippen molar-refractivity contribution in [3.8, 4) is 0 Å². The summed E-state index contributed by atoms with van der Waals surface area (Å²) in [6.45, 7) is 4.84. The van der Waals surface area contributed by atoms with Gasteiger partial charge in [0, 0.05) is 32.9 Å². The van der Waals surface area contributed by atoms with Crippen LogP contribution >= 0.6 is 0 Å². The van der Waals surface area contributed by atoms with Gasteiger partial charge in [0.2, 0.25) is 5.95 Å². The van der Waals surface area contributed by atoms with Gasteiger partial charge in [0.05, 0.1) is 18.7 Å². The fourth-order valence-corrected chi connectivity index (χ4v) is 3.29. The first kappa shape index (κ1) is 16.0. The van der Waals surface area contributed by atoms with E-state index in [4.69, 9.17) is 4.74 Å². The van der Waals surface area contributed by atoms with Crippen molar-refractivity contribution in [2.75, 3.05) is 31.7 Å². The lowest BCUT2D eigenvalue weighted by atomic mass is 10.1. The lowest BCUT2D eigenvalue weighted by molar-refractivity contribution is 0.151. The van der Waals surface area contributed by atoms with Crippen molar-refractivity contribution < 1.29 is 4.74 Å². The summed E-state index contributed by atoms with van der Waals surface area (Å²) >= 11 is 0. The van der Waals surface area contributed by atoms with Crippen molar-refractivity contribution in [2.45, 2.75) is 32.6 Å². The van der Waals surface area contributed by atoms with E-state index in [2.05, 4.69) is 35.9 Å². The molecule has 0 radical (unpaired) electrons. The Morgan fingerprint density at radius 3 is 2.96 bits per heavy atom. The standard InChI is InChI=1S/C16H26N6O/c1-12-8-14(18-17-12)9-15-19-20-16(21(15)2)22-7-5-4-6-13(10-22)11-23-3/h8,13H,4-7,9-11H2,1-3H3,(H,17,18). The highest BCUT2D eigenvalue weighted by molar-refractivity contribution is 5.32. The number of H-pyrrole nitrogens is 1. The Morgan fingerprint density at radius 1 is 1.35 bits per heavy atom. The molecule has 0 amide bonds. The van der Waals surface area contributed by atoms with Crippen molar-refractivity contribution in [3.05, 3.63) is 23.3 Å². The number of ether oxygens (including phenoxy) is 1. The van der Waals surface area contributed by atoms with E-state index in [1.807, 2.05) is 14.0 Å². The summed E-state index contributed by atoms with van der Waals surface area (Å²) in [7, 11) is 3.82. The molecule has 23 heavy (non-hydrogen) atoms. The number of anilines is 1. The molecule has 1 aliphatic heterocycles. The smallest absolute Gasteiger partial charge is 0.226 e. The average Bonchev–Trinajstić information content (AvgIpc) is 3.01. The third-order valence-electron chi connectivity index (χ3n) is 4.49. The van der Waals surface area contributed by atoms with Crippen molar-refractivity contribution in [1.82, 2.24) is 25.0 Å². The molecule has 7 heteroatoms. The molecule has 0 aromatic carbocycles. The summed E-state index contributed by atoms with van der Waals surface area (Å²) in [5.74, 6) is 2.46. The highest BCUT2D eigenvalue weighted by Crippen LogP contribution is 2.22. The first-order valence-corrected chi connectivity index (χ1v) is 8.30. The van der Waals surface area contributed by atoms with E-state index in [0.717, 1.165) is 42.9 Å². The lowest BCUT2D eigenvalue weighted by Gasteiger charge is -2.24. The Hall–Kier alpha value is -1.89. The molecule has 1 N–H and O–H groups in total. The SMILES string of the molecule is COCC1CCCCN(c2nnc(Cc3cc(C)[nH]n3)n2C)C1. The Labute approximate surface area is 137 Å². The molecule has 126 valence electrons. The summed E-state index contributed by atoms with van der Waals surface area (Å²) in [5.41, 5.74) is 2.06. The summed E-state index contributed by atoms with van der Waals surface area (Å²) in [5, 5.41) is 16.1. The summed E-state index contributed by atoms with van der Waals surface area (Å²) in [6.07, 6.45) is 4.37. The Balaban J connectivity index is 1.74. The molecule has 2 aromatic heterocycles. The minimum absolute atomic E-state index is 0.566. The van der Waals surface area contributed by atoms with E-state index in [1.54, 1.807) is 7.11 Å². The zero-order valence-electron chi connectivity index (χ0n) is 14.2. The van der Waals surface area contributed by atoms with Crippen LogP contribution in [0.25, 0.3) is 0 Å². The maximum atomic E-state index is 5.36. The zero-order chi connectivity index (χ0) is 16.2. The van der Waals surface area contributed by atoms with Gasteiger partial charge in [0.15, 0.2) is 0 Å². The van der Waals surface area contributed by atoms with Crippen LogP contribution in [-0.2, 0) is 18.2 Å². The quantitative estimate of drug-likeness (QED) is 0.908. The second-order valence-electron chi connectivity index (χ2n) is 6.46. The molecule has 1 aliphatic rings. The highest BCUT2D eigenvalue weighted by Gasteiger charge is 2.22. The van der Waals surface area contributed by atoms with Crippen LogP contribution in [-0.4, -0.2) is 51.8 Å². The van der Waals surface area contributed by atoms with Crippen LogP contribution in [0.5, 0.6) is 0 Å². The van der Waals surface area contributed by atoms with Crippen LogP contribution in [0.1, 0.15) is 36.5 Å². The largest absolute Gasteiger partial charge is 0.384 e. The molecule has 7 nitrogen and oxygen atoms in total. The monoisotopic (exact) mass is 318 g/mol. The van der Waals surface area contributed by atoms with Crippen molar-refractivity contribution in [3.63, 3.8) is 0 Å². The highest BCUT2D eigenvalue weighted by atomic mass is 16.5. The van der Waals surface area contributed by atoms with E-state index in [9.17, 15) is 0 Å². The number of nitrogens with zero attached hydrogens (tertiary/aromatic N) is 5. The molecule has 0 spiro atoms. The van der Waals surface area contributed by atoms with E-state index < -0.39 is 0 Å². The fourth-order valence-electron chi connectivity index (χ4n) is 3.29. The maximum absolute atomic E-state index is 5.36. The van der Waals surface area contributed by atoms with E-state index in [0.29, 0.717) is 12.3 Å². The second kappa shape index (κ2) is 7.12. The molecular weight excluding hydrogens is 292 g/mol. The fraction of sp³-hybridized carbons (Fsp3) is 0.688. The van der Waals surface area contributed by atoms with Gasteiger partial charge in [-0.3, -0.25) is 5.10 Å². The molecule has 1 saturated heterocycles. The van der Waals surface area contributed by atoms with Gasteiger partial charge in [-0.2, -0.15) is 5.10 Å². The minimum Gasteiger partial charge on any atom is -0.384 e. The van der Waals surface area contributed by atoms with Gasteiger partial charge in [0.25, 0.3) is 0 Å². The normalized spacial score (nSPS) is 19.1. The molecule has 1 fully saturated rings. The molecule has 1 atom stereocenters. The number of rotatable bonds is 5. The third-order valence-corrected chi connectivity index (χ3v) is 4.49. The molecule has 1 unspecified atom stereocenters. The van der Waals surface area contributed by atoms with Crippen LogP contribution in [0.15, 0.2) is 6.07 Å². The van der Waals surface area contributed by atoms with Crippen molar-refractivity contribution in [1.29, 1.82) is 0 Å². The first-order valence-electron chi connectivity index (χ1n) is 8.30. The van der Waals surface area contributed by atoms with E-state index in [1.165, 1.54) is 19.3 Å². The minimum atomic E-state index is 0.566.